The molecule has 1 N–H and O–H groups in total. The van der Waals surface area contributed by atoms with Crippen LogP contribution < -0.4 is 14.8 Å². The van der Waals surface area contributed by atoms with Crippen LogP contribution in [0.2, 0.25) is 5.02 Å². The molecule has 2 rings (SSSR count). The van der Waals surface area contributed by atoms with Gasteiger partial charge in [0.05, 0.1) is 18.2 Å². The monoisotopic (exact) mass is 311 g/mol. The van der Waals surface area contributed by atoms with Crippen LogP contribution in [0.15, 0.2) is 12.1 Å². The van der Waals surface area contributed by atoms with Crippen molar-refractivity contribution in [3.63, 3.8) is 0 Å². The summed E-state index contributed by atoms with van der Waals surface area (Å²) in [6.07, 6.45) is 4.95. The molecule has 1 aromatic rings. The molecule has 0 aliphatic heterocycles. The van der Waals surface area contributed by atoms with Crippen molar-refractivity contribution in [3.05, 3.63) is 22.7 Å². The molecule has 0 atom stereocenters. The van der Waals surface area contributed by atoms with Crippen LogP contribution in [0, 0.1) is 0 Å². The fourth-order valence-corrected chi connectivity index (χ4v) is 2.81. The van der Waals surface area contributed by atoms with E-state index in [0.717, 1.165) is 30.7 Å². The maximum atomic E-state index is 6.41. The number of hydrogen-bond acceptors (Lipinski definition) is 3. The smallest absolute Gasteiger partial charge is 0.180 e. The molecule has 3 nitrogen and oxygen atoms in total. The molecule has 0 aromatic heterocycles. The molecule has 0 spiro atoms. The third kappa shape index (κ3) is 4.79. The van der Waals surface area contributed by atoms with Gasteiger partial charge in [0, 0.05) is 12.1 Å². The van der Waals surface area contributed by atoms with Crippen LogP contribution in [0.1, 0.15) is 52.0 Å². The Hall–Kier alpha value is -0.930. The van der Waals surface area contributed by atoms with E-state index in [1.54, 1.807) is 7.11 Å². The molecule has 1 aromatic carbocycles. The summed E-state index contributed by atoms with van der Waals surface area (Å²) in [6.45, 7) is 7.18. The average Bonchev–Trinajstić information content (AvgIpc) is 2.91. The highest BCUT2D eigenvalue weighted by molar-refractivity contribution is 6.32. The van der Waals surface area contributed by atoms with E-state index in [2.05, 4.69) is 26.1 Å². The van der Waals surface area contributed by atoms with Gasteiger partial charge in [0.1, 0.15) is 0 Å². The Balaban J connectivity index is 2.14. The van der Waals surface area contributed by atoms with Crippen molar-refractivity contribution in [2.45, 2.75) is 64.6 Å². The molecule has 4 heteroatoms. The summed E-state index contributed by atoms with van der Waals surface area (Å²) < 4.78 is 11.5. The Labute approximate surface area is 133 Å². The van der Waals surface area contributed by atoms with E-state index < -0.39 is 0 Å². The first-order valence-electron chi connectivity index (χ1n) is 7.67. The summed E-state index contributed by atoms with van der Waals surface area (Å²) in [5.74, 6) is 1.41. The van der Waals surface area contributed by atoms with E-state index >= 15 is 0 Å². The fourth-order valence-electron chi connectivity index (χ4n) is 2.53. The van der Waals surface area contributed by atoms with E-state index in [0.29, 0.717) is 10.8 Å². The highest BCUT2D eigenvalue weighted by Gasteiger charge is 2.21. The van der Waals surface area contributed by atoms with Gasteiger partial charge in [0.15, 0.2) is 11.5 Å². The minimum Gasteiger partial charge on any atom is -0.493 e. The van der Waals surface area contributed by atoms with E-state index in [-0.39, 0.29) is 11.6 Å². The summed E-state index contributed by atoms with van der Waals surface area (Å²) in [5.41, 5.74) is 1.17. The van der Waals surface area contributed by atoms with Gasteiger partial charge in [-0.1, -0.05) is 11.6 Å². The first-order valence-corrected chi connectivity index (χ1v) is 8.05. The Kier molecular flexibility index (Phi) is 5.39. The molecule has 0 unspecified atom stereocenters. The number of nitrogens with one attached hydrogen (secondary N) is 1. The van der Waals surface area contributed by atoms with E-state index in [1.165, 1.54) is 12.8 Å². The Morgan fingerprint density at radius 2 is 1.90 bits per heavy atom. The summed E-state index contributed by atoms with van der Waals surface area (Å²) in [6, 6.07) is 3.97. The highest BCUT2D eigenvalue weighted by Crippen LogP contribution is 2.39. The van der Waals surface area contributed by atoms with Crippen LogP contribution >= 0.6 is 11.6 Å². The van der Waals surface area contributed by atoms with Crippen molar-refractivity contribution in [2.24, 2.45) is 0 Å². The maximum absolute atomic E-state index is 6.41. The maximum Gasteiger partial charge on any atom is 0.180 e. The third-order valence-electron chi connectivity index (χ3n) is 3.70. The number of halogens is 1. The molecule has 0 heterocycles. The quantitative estimate of drug-likeness (QED) is 0.864. The molecule has 1 aliphatic carbocycles. The zero-order chi connectivity index (χ0) is 15.5. The van der Waals surface area contributed by atoms with Crippen molar-refractivity contribution in [2.75, 3.05) is 7.11 Å². The molecular formula is C17H26ClNO2. The first kappa shape index (κ1) is 16.4. The number of rotatable bonds is 5. The lowest BCUT2D eigenvalue weighted by molar-refractivity contribution is 0.201. The zero-order valence-electron chi connectivity index (χ0n) is 13.5. The topological polar surface area (TPSA) is 30.5 Å². The van der Waals surface area contributed by atoms with E-state index in [9.17, 15) is 0 Å². The van der Waals surface area contributed by atoms with Gasteiger partial charge >= 0.3 is 0 Å². The lowest BCUT2D eigenvalue weighted by atomic mass is 10.1. The van der Waals surface area contributed by atoms with Crippen molar-refractivity contribution in [3.8, 4) is 11.5 Å². The van der Waals surface area contributed by atoms with Crippen LogP contribution in [0.5, 0.6) is 11.5 Å². The van der Waals surface area contributed by atoms with Crippen LogP contribution in [0.3, 0.4) is 0 Å². The van der Waals surface area contributed by atoms with Crippen molar-refractivity contribution in [1.29, 1.82) is 0 Å². The largest absolute Gasteiger partial charge is 0.493 e. The highest BCUT2D eigenvalue weighted by atomic mass is 35.5. The van der Waals surface area contributed by atoms with Crippen LogP contribution in [0.25, 0.3) is 0 Å². The third-order valence-corrected chi connectivity index (χ3v) is 3.98. The van der Waals surface area contributed by atoms with Crippen LogP contribution in [0.4, 0.5) is 0 Å². The van der Waals surface area contributed by atoms with Gasteiger partial charge in [-0.2, -0.15) is 0 Å². The lowest BCUT2D eigenvalue weighted by Gasteiger charge is -2.22. The lowest BCUT2D eigenvalue weighted by Crippen LogP contribution is -2.35. The minimum absolute atomic E-state index is 0.0682. The van der Waals surface area contributed by atoms with Crippen molar-refractivity contribution >= 4 is 11.6 Å². The number of ether oxygens (including phenoxy) is 2. The fraction of sp³-hybridized carbons (Fsp3) is 0.647. The summed E-state index contributed by atoms with van der Waals surface area (Å²) >= 11 is 6.41. The van der Waals surface area contributed by atoms with Gasteiger partial charge in [0.25, 0.3) is 0 Å². The molecule has 0 bridgehead atoms. The van der Waals surface area contributed by atoms with E-state index in [1.807, 2.05) is 12.1 Å². The Morgan fingerprint density at radius 1 is 1.24 bits per heavy atom. The predicted octanol–water partition coefficient (Wildman–Crippen LogP) is 4.56. The molecule has 1 fully saturated rings. The van der Waals surface area contributed by atoms with Crippen molar-refractivity contribution < 1.29 is 9.47 Å². The molecule has 118 valence electrons. The average molecular weight is 312 g/mol. The first-order chi connectivity index (χ1) is 9.89. The molecule has 1 aliphatic rings. The molecule has 0 saturated heterocycles. The minimum atomic E-state index is 0.0682. The predicted molar refractivity (Wildman–Crippen MR) is 87.5 cm³/mol. The van der Waals surface area contributed by atoms with Gasteiger partial charge in [-0.25, -0.2) is 0 Å². The Bertz CT molecular complexity index is 476. The summed E-state index contributed by atoms with van der Waals surface area (Å²) in [5, 5.41) is 4.09. The number of benzene rings is 1. The molecule has 0 radical (unpaired) electrons. The molecule has 21 heavy (non-hydrogen) atoms. The second kappa shape index (κ2) is 6.89. The molecular weight excluding hydrogens is 286 g/mol. The van der Waals surface area contributed by atoms with Gasteiger partial charge in [0.2, 0.25) is 0 Å². The van der Waals surface area contributed by atoms with Gasteiger partial charge < -0.3 is 14.8 Å². The normalized spacial score (nSPS) is 16.2. The second-order valence-corrected chi connectivity index (χ2v) is 7.14. The summed E-state index contributed by atoms with van der Waals surface area (Å²) in [4.78, 5) is 0. The number of methoxy groups -OCH3 is 1. The van der Waals surface area contributed by atoms with Crippen LogP contribution in [-0.2, 0) is 6.54 Å². The second-order valence-electron chi connectivity index (χ2n) is 6.74. The molecule has 0 amide bonds. The van der Waals surface area contributed by atoms with Gasteiger partial charge in [-0.15, -0.1) is 0 Å². The van der Waals surface area contributed by atoms with E-state index in [4.69, 9.17) is 21.1 Å². The van der Waals surface area contributed by atoms with Gasteiger partial charge in [-0.3, -0.25) is 0 Å². The Morgan fingerprint density at radius 3 is 2.48 bits per heavy atom. The summed E-state index contributed by atoms with van der Waals surface area (Å²) in [7, 11) is 1.66. The standard InChI is InChI=1S/C17H26ClNO2/c1-17(2,3)19-11-12-9-14(18)16(15(10-12)20-4)21-13-7-5-6-8-13/h9-10,13,19H,5-8,11H2,1-4H3. The van der Waals surface area contributed by atoms with Gasteiger partial charge in [-0.05, 0) is 64.2 Å². The van der Waals surface area contributed by atoms with Crippen molar-refractivity contribution in [1.82, 2.24) is 5.32 Å². The number of hydrogen-bond donors (Lipinski definition) is 1. The zero-order valence-corrected chi connectivity index (χ0v) is 14.2. The molecule has 1 saturated carbocycles. The van der Waals surface area contributed by atoms with Crippen LogP contribution in [-0.4, -0.2) is 18.8 Å². The SMILES string of the molecule is COc1cc(CNC(C)(C)C)cc(Cl)c1OC1CCCC1.